The van der Waals surface area contributed by atoms with Crippen molar-refractivity contribution in [3.8, 4) is 23.0 Å². The predicted molar refractivity (Wildman–Crippen MR) is 129 cm³/mol. The van der Waals surface area contributed by atoms with E-state index >= 15 is 0 Å². The van der Waals surface area contributed by atoms with Gasteiger partial charge in [-0.25, -0.2) is 4.79 Å². The summed E-state index contributed by atoms with van der Waals surface area (Å²) in [5, 5.41) is 84.5. The maximum Gasteiger partial charge on any atom is 0.339 e. The van der Waals surface area contributed by atoms with Gasteiger partial charge in [-0.1, -0.05) is 0 Å². The number of ether oxygens (including phenoxy) is 2. The first-order valence-electron chi connectivity index (χ1n) is 11.6. The van der Waals surface area contributed by atoms with E-state index in [1.54, 1.807) is 0 Å². The van der Waals surface area contributed by atoms with Gasteiger partial charge in [0, 0.05) is 23.6 Å². The molecule has 0 saturated carbocycles. The highest BCUT2D eigenvalue weighted by Crippen LogP contribution is 2.55. The number of aromatic hydroxyl groups is 3. The van der Waals surface area contributed by atoms with Crippen molar-refractivity contribution < 1.29 is 64.7 Å². The molecule has 0 unspecified atom stereocenters. The van der Waals surface area contributed by atoms with Gasteiger partial charge in [-0.2, -0.15) is 0 Å². The summed E-state index contributed by atoms with van der Waals surface area (Å²) in [5.74, 6) is -9.58. The van der Waals surface area contributed by atoms with E-state index in [0.29, 0.717) is 0 Å². The molecule has 13 nitrogen and oxygen atoms in total. The summed E-state index contributed by atoms with van der Waals surface area (Å²) in [6.45, 7) is 4.76. The summed E-state index contributed by atoms with van der Waals surface area (Å²) in [4.78, 5) is 37.9. The lowest BCUT2D eigenvalue weighted by Crippen LogP contribution is -2.85. The molecule has 210 valence electrons. The molecule has 0 aromatic heterocycles. The Balaban J connectivity index is 1.89. The number of carbonyl (C=O) groups excluding carboxylic acids is 2. The second kappa shape index (κ2) is 8.13. The Morgan fingerprint density at radius 2 is 1.38 bits per heavy atom. The van der Waals surface area contributed by atoms with Crippen LogP contribution in [0.15, 0.2) is 18.2 Å². The van der Waals surface area contributed by atoms with Gasteiger partial charge in [0.25, 0.3) is 0 Å². The average molecular weight is 548 g/mol. The van der Waals surface area contributed by atoms with Crippen molar-refractivity contribution in [2.75, 3.05) is 6.61 Å². The van der Waals surface area contributed by atoms with Crippen molar-refractivity contribution in [3.63, 3.8) is 0 Å². The van der Waals surface area contributed by atoms with Crippen molar-refractivity contribution in [2.24, 2.45) is 0 Å². The van der Waals surface area contributed by atoms with Crippen LogP contribution < -0.4 is 4.74 Å². The summed E-state index contributed by atoms with van der Waals surface area (Å²) in [7, 11) is 0. The molecule has 2 aliphatic rings. The van der Waals surface area contributed by atoms with Crippen LogP contribution in [0.3, 0.4) is 0 Å². The van der Waals surface area contributed by atoms with Crippen molar-refractivity contribution in [1.29, 1.82) is 0 Å². The minimum absolute atomic E-state index is 0.384. The first-order chi connectivity index (χ1) is 17.7. The van der Waals surface area contributed by atoms with Gasteiger partial charge in [0.15, 0.2) is 28.7 Å². The van der Waals surface area contributed by atoms with Crippen LogP contribution in [-0.2, 0) is 4.74 Å². The van der Waals surface area contributed by atoms with Gasteiger partial charge in [0.1, 0.15) is 28.1 Å². The van der Waals surface area contributed by atoms with Crippen molar-refractivity contribution >= 4 is 17.5 Å². The third-order valence-electron chi connectivity index (χ3n) is 8.40. The molecule has 0 spiro atoms. The summed E-state index contributed by atoms with van der Waals surface area (Å²) < 4.78 is 11.6. The Morgan fingerprint density at radius 3 is 1.92 bits per heavy atom. The second-order valence-electron chi connectivity index (χ2n) is 10.6. The Morgan fingerprint density at radius 1 is 0.821 bits per heavy atom. The van der Waals surface area contributed by atoms with Crippen LogP contribution in [0.5, 0.6) is 23.0 Å². The van der Waals surface area contributed by atoms with Gasteiger partial charge in [-0.05, 0) is 45.9 Å². The fourth-order valence-electron chi connectivity index (χ4n) is 5.11. The Hall–Kier alpha value is -3.75. The number of aliphatic hydroxyl groups excluding tert-OH is 1. The van der Waals surface area contributed by atoms with E-state index in [4.69, 9.17) is 9.47 Å². The van der Waals surface area contributed by atoms with E-state index in [1.807, 2.05) is 0 Å². The van der Waals surface area contributed by atoms with E-state index in [2.05, 4.69) is 0 Å². The maximum atomic E-state index is 13.3. The van der Waals surface area contributed by atoms with Gasteiger partial charge in [0.2, 0.25) is 11.5 Å². The minimum Gasteiger partial charge on any atom is -0.507 e. The molecule has 4 rings (SSSR count). The van der Waals surface area contributed by atoms with Crippen molar-refractivity contribution in [2.45, 2.75) is 62.8 Å². The molecular weight excluding hydrogens is 520 g/mol. The smallest absolute Gasteiger partial charge is 0.339 e. The Bertz CT molecular complexity index is 1450. The van der Waals surface area contributed by atoms with Gasteiger partial charge in [0.05, 0.1) is 12.2 Å². The quantitative estimate of drug-likeness (QED) is 0.207. The lowest BCUT2D eigenvalue weighted by Gasteiger charge is -2.64. The van der Waals surface area contributed by atoms with E-state index in [-0.39, 0.29) is 5.56 Å². The summed E-state index contributed by atoms with van der Waals surface area (Å²) in [6.07, 6.45) is 0. The van der Waals surface area contributed by atoms with Crippen LogP contribution in [-0.4, -0.2) is 93.2 Å². The fourth-order valence-corrected chi connectivity index (χ4v) is 5.11. The molecule has 8 N–H and O–H groups in total. The van der Waals surface area contributed by atoms with Crippen LogP contribution in [0.1, 0.15) is 76.8 Å². The van der Waals surface area contributed by atoms with Crippen LogP contribution in [0, 0.1) is 0 Å². The molecular formula is C26H28O13. The lowest BCUT2D eigenvalue weighted by atomic mass is 9.61. The molecule has 0 radical (unpaired) electrons. The predicted octanol–water partition coefficient (Wildman–Crippen LogP) is 0.406. The Labute approximate surface area is 221 Å². The second-order valence-corrected chi connectivity index (χ2v) is 10.6. The number of aromatic carboxylic acids is 1. The molecule has 2 aromatic rings. The van der Waals surface area contributed by atoms with E-state index in [0.717, 1.165) is 45.9 Å². The van der Waals surface area contributed by atoms with Crippen LogP contribution in [0.4, 0.5) is 0 Å². The molecule has 1 aliphatic carbocycles. The van der Waals surface area contributed by atoms with Crippen molar-refractivity contribution in [3.05, 3.63) is 46.0 Å². The largest absolute Gasteiger partial charge is 0.507 e. The number of rotatable bonds is 4. The number of ketones is 2. The highest BCUT2D eigenvalue weighted by Gasteiger charge is 2.75. The molecule has 39 heavy (non-hydrogen) atoms. The van der Waals surface area contributed by atoms with Gasteiger partial charge >= 0.3 is 5.97 Å². The van der Waals surface area contributed by atoms with E-state index < -0.39 is 97.6 Å². The number of carboxylic acids is 1. The summed E-state index contributed by atoms with van der Waals surface area (Å²) in [6, 6.07) is 2.42. The number of hydrogen-bond acceptors (Lipinski definition) is 12. The molecule has 1 saturated heterocycles. The fraction of sp³-hybridized carbons (Fsp3) is 0.423. The highest BCUT2D eigenvalue weighted by molar-refractivity contribution is 6.30. The monoisotopic (exact) mass is 548 g/mol. The zero-order chi connectivity index (χ0) is 29.7. The molecule has 2 aromatic carbocycles. The molecule has 1 heterocycles. The third-order valence-corrected chi connectivity index (χ3v) is 8.40. The van der Waals surface area contributed by atoms with Gasteiger partial charge < -0.3 is 50.3 Å². The molecule has 0 amide bonds. The summed E-state index contributed by atoms with van der Waals surface area (Å²) in [5.41, 5.74) is -11.8. The highest BCUT2D eigenvalue weighted by atomic mass is 16.7. The number of fused-ring (bicyclic) bond motifs is 2. The van der Waals surface area contributed by atoms with Crippen LogP contribution in [0.2, 0.25) is 0 Å². The van der Waals surface area contributed by atoms with E-state index in [1.165, 1.54) is 6.92 Å². The zero-order valence-electron chi connectivity index (χ0n) is 21.6. The number of carboxylic acid groups (broad SMARTS) is 1. The standard InChI is InChI=1S/C26H28O13/c1-22(9-27)23(2,35)24(3,36)25(4,37)26(5,39-22)38-15-8-13-16(20(32)19(15)31)18(30)10-6-12(21(33)34)14(28)7-11(10)17(13)29/h6-8,27-28,31-32,35-37H,9H2,1-5H3,(H,33,34)/t22-,23+,24+,25-,26-/m0/s1. The molecule has 1 aliphatic heterocycles. The number of hydrogen-bond donors (Lipinski definition) is 8. The summed E-state index contributed by atoms with van der Waals surface area (Å²) >= 11 is 0. The topological polar surface area (TPSA) is 232 Å². The third kappa shape index (κ3) is 3.41. The maximum absolute atomic E-state index is 13.3. The Kier molecular flexibility index (Phi) is 5.89. The van der Waals surface area contributed by atoms with Crippen LogP contribution >= 0.6 is 0 Å². The minimum atomic E-state index is -2.48. The molecule has 5 atom stereocenters. The van der Waals surface area contributed by atoms with Gasteiger partial charge in [-0.15, -0.1) is 0 Å². The molecule has 13 heteroatoms. The number of carbonyl (C=O) groups is 3. The first-order valence-corrected chi connectivity index (χ1v) is 11.6. The van der Waals surface area contributed by atoms with Crippen LogP contribution in [0.25, 0.3) is 0 Å². The SMILES string of the molecule is C[C@]1(Oc2cc3c(c(O)c2O)C(=O)c2cc(C(=O)O)c(O)cc2C3=O)O[C@@](C)(CO)[C@@](C)(O)[C@@](C)(O)[C@]1(C)O. The number of aliphatic hydroxyl groups is 4. The normalized spacial score (nSPS) is 33.9. The lowest BCUT2D eigenvalue weighted by molar-refractivity contribution is -0.441. The number of phenolic OH excluding ortho intramolecular Hbond substituents is 2. The van der Waals surface area contributed by atoms with Crippen molar-refractivity contribution in [1.82, 2.24) is 0 Å². The van der Waals surface area contributed by atoms with E-state index in [9.17, 15) is 55.2 Å². The number of phenols is 3. The molecule has 1 fully saturated rings. The van der Waals surface area contributed by atoms with Gasteiger partial charge in [-0.3, -0.25) is 9.59 Å². The molecule has 0 bridgehead atoms. The average Bonchev–Trinajstić information content (AvgIpc) is 2.83. The zero-order valence-corrected chi connectivity index (χ0v) is 21.6. The number of benzene rings is 2. The first kappa shape index (κ1) is 28.3.